The molecule has 44 heavy (non-hydrogen) atoms. The monoisotopic (exact) mass is 606 g/mol. The zero-order valence-electron chi connectivity index (χ0n) is 26.4. The van der Waals surface area contributed by atoms with Gasteiger partial charge in [-0.05, 0) is 51.2 Å². The third kappa shape index (κ3) is 6.33. The highest BCUT2D eigenvalue weighted by Gasteiger charge is 2.38. The van der Waals surface area contributed by atoms with Crippen LogP contribution in [0.1, 0.15) is 56.0 Å². The summed E-state index contributed by atoms with van der Waals surface area (Å²) in [5.74, 6) is 2.42. The van der Waals surface area contributed by atoms with Crippen molar-refractivity contribution in [3.05, 3.63) is 29.5 Å². The van der Waals surface area contributed by atoms with E-state index in [0.717, 1.165) is 37.7 Å². The zero-order chi connectivity index (χ0) is 31.0. The molecule has 2 fully saturated rings. The molecule has 1 saturated heterocycles. The van der Waals surface area contributed by atoms with Crippen molar-refractivity contribution in [1.82, 2.24) is 25.1 Å². The van der Waals surface area contributed by atoms with Gasteiger partial charge in [-0.15, -0.1) is 0 Å². The molecule has 12 nitrogen and oxygen atoms in total. The van der Waals surface area contributed by atoms with Crippen LogP contribution in [0.5, 0.6) is 5.75 Å². The maximum atomic E-state index is 13.2. The predicted octanol–water partition coefficient (Wildman–Crippen LogP) is 2.24. The van der Waals surface area contributed by atoms with Crippen molar-refractivity contribution in [3.63, 3.8) is 0 Å². The molecule has 0 bridgehead atoms. The van der Waals surface area contributed by atoms with Crippen molar-refractivity contribution in [1.29, 1.82) is 0 Å². The van der Waals surface area contributed by atoms with Gasteiger partial charge in [-0.2, -0.15) is 4.98 Å². The largest absolute Gasteiger partial charge is 0.491 e. The van der Waals surface area contributed by atoms with E-state index in [-0.39, 0.29) is 30.4 Å². The van der Waals surface area contributed by atoms with Crippen molar-refractivity contribution in [3.8, 4) is 5.75 Å². The number of hydrogen-bond donors (Lipinski definition) is 3. The fraction of sp³-hybridized carbons (Fsp3) is 0.625. The van der Waals surface area contributed by atoms with Crippen LogP contribution >= 0.6 is 0 Å². The van der Waals surface area contributed by atoms with Gasteiger partial charge in [0, 0.05) is 76.5 Å². The number of β-amino-alcohol motifs (C(OH)–C–C–N with tert-alkyl or cyclic N) is 1. The first kappa shape index (κ1) is 30.5. The second-order valence-corrected chi connectivity index (χ2v) is 12.8. The SMILES string of the molecule is CC[C@@H]1C(=O)N(C)c2cnc(Nc3ccc(C(=O)NC[C@H](O)CN4CCN(CC5CC5)CC4)c4c3OCC4)nc2N1C(C)C. The van der Waals surface area contributed by atoms with Crippen LogP contribution < -0.4 is 25.2 Å². The summed E-state index contributed by atoms with van der Waals surface area (Å²) in [5, 5.41) is 16.9. The number of rotatable bonds is 11. The minimum absolute atomic E-state index is 0.0348. The number of ether oxygens (including phenoxy) is 1. The van der Waals surface area contributed by atoms with Crippen LogP contribution in [0, 0.1) is 5.92 Å². The standard InChI is InChI=1S/C32H46N8O4/c1-5-26-31(43)37(4)27-17-34-32(36-29(27)40(26)20(2)3)35-25-9-8-24(23-10-15-44-28(23)25)30(42)33-16-22(41)19-39-13-11-38(12-14-39)18-21-6-7-21/h8-9,17,20-22,26,41H,5-7,10-16,18-19H2,1-4H3,(H,33,42)(H,34,35,36)/t22-,26+/m0/s1. The average molecular weight is 607 g/mol. The van der Waals surface area contributed by atoms with Gasteiger partial charge in [0.2, 0.25) is 11.9 Å². The number of hydrogen-bond acceptors (Lipinski definition) is 10. The van der Waals surface area contributed by atoms with E-state index in [9.17, 15) is 14.7 Å². The molecule has 4 heterocycles. The molecular weight excluding hydrogens is 560 g/mol. The van der Waals surface area contributed by atoms with Crippen molar-refractivity contribution >= 4 is 35.0 Å². The van der Waals surface area contributed by atoms with E-state index in [1.165, 1.54) is 19.4 Å². The zero-order valence-corrected chi connectivity index (χ0v) is 26.4. The van der Waals surface area contributed by atoms with Crippen molar-refractivity contribution < 1.29 is 19.4 Å². The molecule has 238 valence electrons. The fourth-order valence-electron chi connectivity index (χ4n) is 6.65. The van der Waals surface area contributed by atoms with Crippen molar-refractivity contribution in [2.24, 2.45) is 5.92 Å². The number of aromatic nitrogens is 2. The summed E-state index contributed by atoms with van der Waals surface area (Å²) in [7, 11) is 1.76. The number of aliphatic hydroxyl groups is 1. The molecule has 0 radical (unpaired) electrons. The smallest absolute Gasteiger partial charge is 0.251 e. The van der Waals surface area contributed by atoms with Crippen LogP contribution in [0.15, 0.2) is 18.3 Å². The number of anilines is 4. The third-order valence-corrected chi connectivity index (χ3v) is 9.25. The van der Waals surface area contributed by atoms with Gasteiger partial charge in [0.15, 0.2) is 5.82 Å². The van der Waals surface area contributed by atoms with E-state index >= 15 is 0 Å². The summed E-state index contributed by atoms with van der Waals surface area (Å²) in [6, 6.07) is 3.38. The molecule has 0 unspecified atom stereocenters. The van der Waals surface area contributed by atoms with Gasteiger partial charge in [0.25, 0.3) is 5.91 Å². The van der Waals surface area contributed by atoms with Crippen LogP contribution in [0.3, 0.4) is 0 Å². The van der Waals surface area contributed by atoms with E-state index in [2.05, 4.69) is 44.2 Å². The Morgan fingerprint density at radius 1 is 1.16 bits per heavy atom. The lowest BCUT2D eigenvalue weighted by Crippen LogP contribution is -2.54. The van der Waals surface area contributed by atoms with Gasteiger partial charge in [0.1, 0.15) is 17.5 Å². The molecule has 1 aromatic carbocycles. The molecule has 12 heteroatoms. The number of nitrogens with one attached hydrogen (secondary N) is 2. The number of fused-ring (bicyclic) bond motifs is 2. The minimum atomic E-state index is -0.632. The van der Waals surface area contributed by atoms with E-state index in [4.69, 9.17) is 9.72 Å². The maximum absolute atomic E-state index is 13.2. The molecule has 1 aromatic heterocycles. The Morgan fingerprint density at radius 3 is 2.61 bits per heavy atom. The molecule has 2 atom stereocenters. The number of carbonyl (C=O) groups excluding carboxylic acids is 2. The lowest BCUT2D eigenvalue weighted by atomic mass is 10.0. The first-order chi connectivity index (χ1) is 21.2. The normalized spacial score (nSPS) is 21.2. The lowest BCUT2D eigenvalue weighted by Gasteiger charge is -2.42. The summed E-state index contributed by atoms with van der Waals surface area (Å²) >= 11 is 0. The Hall–Kier alpha value is -3.48. The number of nitrogens with zero attached hydrogens (tertiary/aromatic N) is 6. The van der Waals surface area contributed by atoms with Crippen molar-refractivity contribution in [2.75, 3.05) is 74.6 Å². The molecule has 3 N–H and O–H groups in total. The topological polar surface area (TPSA) is 126 Å². The van der Waals surface area contributed by atoms with E-state index in [1.807, 2.05) is 13.0 Å². The number of likely N-dealkylation sites (N-methyl/N-ethyl adjacent to an activating group) is 1. The Kier molecular flexibility index (Phi) is 8.93. The predicted molar refractivity (Wildman–Crippen MR) is 170 cm³/mol. The molecule has 3 aliphatic heterocycles. The van der Waals surface area contributed by atoms with E-state index in [0.29, 0.717) is 60.4 Å². The first-order valence-corrected chi connectivity index (χ1v) is 16.1. The summed E-state index contributed by atoms with van der Waals surface area (Å²) < 4.78 is 5.97. The summed E-state index contributed by atoms with van der Waals surface area (Å²) in [6.45, 7) is 12.6. The van der Waals surface area contributed by atoms with Crippen LogP contribution in [0.2, 0.25) is 0 Å². The van der Waals surface area contributed by atoms with Gasteiger partial charge in [-0.1, -0.05) is 6.92 Å². The van der Waals surface area contributed by atoms with Gasteiger partial charge < -0.3 is 35.2 Å². The quantitative estimate of drug-likeness (QED) is 0.351. The maximum Gasteiger partial charge on any atom is 0.251 e. The Bertz CT molecular complexity index is 1370. The molecule has 6 rings (SSSR count). The molecule has 0 spiro atoms. The van der Waals surface area contributed by atoms with Crippen LogP contribution in [0.25, 0.3) is 0 Å². The third-order valence-electron chi connectivity index (χ3n) is 9.25. The number of carbonyl (C=O) groups is 2. The Balaban J connectivity index is 1.10. The number of benzene rings is 1. The van der Waals surface area contributed by atoms with Crippen LogP contribution in [-0.2, 0) is 11.2 Å². The molecule has 2 amide bonds. The molecular formula is C32H46N8O4. The second-order valence-electron chi connectivity index (χ2n) is 12.8. The highest BCUT2D eigenvalue weighted by molar-refractivity contribution is 6.04. The lowest BCUT2D eigenvalue weighted by molar-refractivity contribution is -0.120. The van der Waals surface area contributed by atoms with Crippen LogP contribution in [0.4, 0.5) is 23.1 Å². The summed E-state index contributed by atoms with van der Waals surface area (Å²) in [6.07, 6.45) is 5.06. The molecule has 1 aliphatic carbocycles. The summed E-state index contributed by atoms with van der Waals surface area (Å²) in [5.41, 5.74) is 2.72. The number of piperazine rings is 1. The number of aliphatic hydroxyl groups excluding tert-OH is 1. The highest BCUT2D eigenvalue weighted by atomic mass is 16.5. The first-order valence-electron chi connectivity index (χ1n) is 16.1. The fourth-order valence-corrected chi connectivity index (χ4v) is 6.65. The molecule has 1 saturated carbocycles. The second kappa shape index (κ2) is 12.9. The van der Waals surface area contributed by atoms with Crippen LogP contribution in [-0.4, -0.2) is 114 Å². The van der Waals surface area contributed by atoms with Crippen molar-refractivity contribution in [2.45, 2.75) is 64.6 Å². The molecule has 4 aliphatic rings. The van der Waals surface area contributed by atoms with Gasteiger partial charge in [-0.25, -0.2) is 4.98 Å². The summed E-state index contributed by atoms with van der Waals surface area (Å²) in [4.78, 5) is 44.0. The van der Waals surface area contributed by atoms with Gasteiger partial charge in [0.05, 0.1) is 24.6 Å². The van der Waals surface area contributed by atoms with E-state index < -0.39 is 6.10 Å². The number of amides is 2. The highest BCUT2D eigenvalue weighted by Crippen LogP contribution is 2.40. The minimum Gasteiger partial charge on any atom is -0.491 e. The van der Waals surface area contributed by atoms with Gasteiger partial charge in [-0.3, -0.25) is 14.5 Å². The Morgan fingerprint density at radius 2 is 1.91 bits per heavy atom. The van der Waals surface area contributed by atoms with Gasteiger partial charge >= 0.3 is 0 Å². The Labute approximate surface area is 259 Å². The average Bonchev–Trinajstić information content (AvgIpc) is 3.69. The van der Waals surface area contributed by atoms with E-state index in [1.54, 1.807) is 24.2 Å². The molecule has 2 aromatic rings.